The molecule has 0 aliphatic carbocycles. The molecule has 3 heteroatoms. The molecule has 0 fully saturated rings. The summed E-state index contributed by atoms with van der Waals surface area (Å²) in [6, 6.07) is 0. The van der Waals surface area contributed by atoms with Crippen LogP contribution in [0.25, 0.3) is 0 Å². The second-order valence-electron chi connectivity index (χ2n) is 3.13. The van der Waals surface area contributed by atoms with Crippen LogP contribution in [0, 0.1) is 0 Å². The predicted octanol–water partition coefficient (Wildman–Crippen LogP) is 1.74. The molecule has 0 aliphatic heterocycles. The number of hydrogen-bond donors (Lipinski definition) is 0. The van der Waals surface area contributed by atoms with Gasteiger partial charge in [-0.2, -0.15) is 0 Å². The van der Waals surface area contributed by atoms with Crippen molar-refractivity contribution in [3.63, 3.8) is 0 Å². The minimum absolute atomic E-state index is 0.0209. The third kappa shape index (κ3) is 9.21. The van der Waals surface area contributed by atoms with E-state index in [1.54, 1.807) is 0 Å². The van der Waals surface area contributed by atoms with Crippen molar-refractivity contribution >= 4 is 11.6 Å². The summed E-state index contributed by atoms with van der Waals surface area (Å²) in [5, 5.41) is 0. The fraction of sp³-hybridized carbons (Fsp3) is 0.800. The zero-order valence-electron chi connectivity index (χ0n) is 8.47. The minimum atomic E-state index is -0.0560. The van der Waals surface area contributed by atoms with E-state index >= 15 is 0 Å². The van der Waals surface area contributed by atoms with Crippen LogP contribution in [0.3, 0.4) is 0 Å². The molecule has 76 valence electrons. The average Bonchev–Trinajstić information content (AvgIpc) is 2.02. The van der Waals surface area contributed by atoms with Crippen molar-refractivity contribution < 1.29 is 14.3 Å². The first-order valence-corrected chi connectivity index (χ1v) is 4.75. The molecule has 0 atom stereocenters. The normalized spacial score (nSPS) is 10.0. The molecule has 0 aromatic carbocycles. The number of carbonyl (C=O) groups is 2. The van der Waals surface area contributed by atoms with E-state index in [0.29, 0.717) is 13.0 Å². The summed E-state index contributed by atoms with van der Waals surface area (Å²) >= 11 is 0. The van der Waals surface area contributed by atoms with Gasteiger partial charge in [0.05, 0.1) is 6.42 Å². The first kappa shape index (κ1) is 12.3. The highest BCUT2D eigenvalue weighted by Crippen LogP contribution is 1.97. The Bertz CT molecular complexity index is 164. The Kier molecular flexibility index (Phi) is 7.50. The van der Waals surface area contributed by atoms with Crippen LogP contribution in [0.4, 0.5) is 0 Å². The maximum atomic E-state index is 11.0. The van der Waals surface area contributed by atoms with Gasteiger partial charge in [0.2, 0.25) is 0 Å². The summed E-state index contributed by atoms with van der Waals surface area (Å²) < 4.78 is 5.20. The monoisotopic (exact) mass is 186 g/mol. The van der Waals surface area contributed by atoms with E-state index in [0.717, 1.165) is 19.4 Å². The van der Waals surface area contributed by atoms with Crippen LogP contribution in [0.1, 0.15) is 39.5 Å². The second-order valence-corrected chi connectivity index (χ2v) is 3.13. The zero-order valence-corrected chi connectivity index (χ0v) is 8.47. The SMILES string of the molecule is CCCOCCCC(=O)CC(C)=O. The molecule has 0 rings (SSSR count). The molecule has 0 N–H and O–H groups in total. The molecule has 0 unspecified atom stereocenters. The minimum Gasteiger partial charge on any atom is -0.381 e. The van der Waals surface area contributed by atoms with Crippen LogP contribution in [0.2, 0.25) is 0 Å². The fourth-order valence-electron chi connectivity index (χ4n) is 0.984. The molecule has 0 aromatic rings. The van der Waals surface area contributed by atoms with Gasteiger partial charge in [-0.1, -0.05) is 6.92 Å². The van der Waals surface area contributed by atoms with Crippen LogP contribution in [0.5, 0.6) is 0 Å². The smallest absolute Gasteiger partial charge is 0.140 e. The molecule has 0 aliphatic rings. The van der Waals surface area contributed by atoms with Crippen LogP contribution in [-0.4, -0.2) is 24.8 Å². The Labute approximate surface area is 79.5 Å². The molecular formula is C10H18O3. The van der Waals surface area contributed by atoms with Crippen molar-refractivity contribution in [3.05, 3.63) is 0 Å². The maximum absolute atomic E-state index is 11.0. The lowest BCUT2D eigenvalue weighted by molar-refractivity contribution is -0.126. The lowest BCUT2D eigenvalue weighted by atomic mass is 10.1. The highest BCUT2D eigenvalue weighted by atomic mass is 16.5. The van der Waals surface area contributed by atoms with Gasteiger partial charge in [0.25, 0.3) is 0 Å². The number of ketones is 2. The standard InChI is InChI=1S/C10H18O3/c1-3-6-13-7-4-5-10(12)8-9(2)11/h3-8H2,1-2H3. The van der Waals surface area contributed by atoms with Gasteiger partial charge in [-0.15, -0.1) is 0 Å². The van der Waals surface area contributed by atoms with E-state index in [2.05, 4.69) is 0 Å². The van der Waals surface area contributed by atoms with Gasteiger partial charge < -0.3 is 4.74 Å². The number of ether oxygens (including phenoxy) is 1. The molecular weight excluding hydrogens is 168 g/mol. The molecule has 0 amide bonds. The largest absolute Gasteiger partial charge is 0.381 e. The Hall–Kier alpha value is -0.700. The van der Waals surface area contributed by atoms with Crippen molar-refractivity contribution in [2.75, 3.05) is 13.2 Å². The Morgan fingerprint density at radius 2 is 1.92 bits per heavy atom. The van der Waals surface area contributed by atoms with Crippen LogP contribution >= 0.6 is 0 Å². The molecule has 3 nitrogen and oxygen atoms in total. The van der Waals surface area contributed by atoms with Crippen LogP contribution in [-0.2, 0) is 14.3 Å². The highest BCUT2D eigenvalue weighted by Gasteiger charge is 2.04. The van der Waals surface area contributed by atoms with Gasteiger partial charge in [-0.05, 0) is 19.8 Å². The Morgan fingerprint density at radius 1 is 1.23 bits per heavy atom. The molecule has 0 saturated carbocycles. The van der Waals surface area contributed by atoms with Gasteiger partial charge in [0.1, 0.15) is 11.6 Å². The molecule has 0 bridgehead atoms. The summed E-state index contributed by atoms with van der Waals surface area (Å²) in [6.45, 7) is 4.85. The van der Waals surface area contributed by atoms with Crippen LogP contribution in [0.15, 0.2) is 0 Å². The van der Waals surface area contributed by atoms with E-state index < -0.39 is 0 Å². The molecule has 0 radical (unpaired) electrons. The third-order valence-corrected chi connectivity index (χ3v) is 1.54. The van der Waals surface area contributed by atoms with Gasteiger partial charge in [-0.3, -0.25) is 9.59 Å². The van der Waals surface area contributed by atoms with E-state index in [4.69, 9.17) is 4.74 Å². The summed E-state index contributed by atoms with van der Waals surface area (Å²) in [7, 11) is 0. The van der Waals surface area contributed by atoms with Crippen molar-refractivity contribution in [1.82, 2.24) is 0 Å². The van der Waals surface area contributed by atoms with E-state index in [9.17, 15) is 9.59 Å². The highest BCUT2D eigenvalue weighted by molar-refractivity contribution is 5.97. The zero-order chi connectivity index (χ0) is 10.1. The lowest BCUT2D eigenvalue weighted by Gasteiger charge is -2.00. The second kappa shape index (κ2) is 7.92. The van der Waals surface area contributed by atoms with E-state index in [1.807, 2.05) is 6.92 Å². The number of carbonyl (C=O) groups excluding carboxylic acids is 2. The predicted molar refractivity (Wildman–Crippen MR) is 50.6 cm³/mol. The molecule has 13 heavy (non-hydrogen) atoms. The van der Waals surface area contributed by atoms with Crippen molar-refractivity contribution in [2.24, 2.45) is 0 Å². The van der Waals surface area contributed by atoms with Crippen LogP contribution < -0.4 is 0 Å². The summed E-state index contributed by atoms with van der Waals surface area (Å²) in [5.74, 6) is -0.0351. The maximum Gasteiger partial charge on any atom is 0.140 e. The topological polar surface area (TPSA) is 43.4 Å². The quantitative estimate of drug-likeness (QED) is 0.428. The average molecular weight is 186 g/mol. The first-order chi connectivity index (χ1) is 6.16. The fourth-order valence-corrected chi connectivity index (χ4v) is 0.984. The van der Waals surface area contributed by atoms with Gasteiger partial charge in [-0.25, -0.2) is 0 Å². The lowest BCUT2D eigenvalue weighted by Crippen LogP contribution is -2.06. The van der Waals surface area contributed by atoms with Crippen molar-refractivity contribution in [1.29, 1.82) is 0 Å². The Morgan fingerprint density at radius 3 is 2.46 bits per heavy atom. The summed E-state index contributed by atoms with van der Waals surface area (Å²) in [5.41, 5.74) is 0. The number of Topliss-reactive ketones (excluding diaryl/α,β-unsaturated/α-hetero) is 2. The van der Waals surface area contributed by atoms with Crippen molar-refractivity contribution in [3.8, 4) is 0 Å². The summed E-state index contributed by atoms with van der Waals surface area (Å²) in [6.07, 6.45) is 2.27. The van der Waals surface area contributed by atoms with E-state index in [1.165, 1.54) is 6.92 Å². The number of hydrogen-bond acceptors (Lipinski definition) is 3. The molecule has 0 aromatic heterocycles. The van der Waals surface area contributed by atoms with Crippen molar-refractivity contribution in [2.45, 2.75) is 39.5 Å². The first-order valence-electron chi connectivity index (χ1n) is 4.75. The summed E-state index contributed by atoms with van der Waals surface area (Å²) in [4.78, 5) is 21.5. The molecule has 0 saturated heterocycles. The van der Waals surface area contributed by atoms with Gasteiger partial charge in [0, 0.05) is 19.6 Å². The van der Waals surface area contributed by atoms with Gasteiger partial charge in [0.15, 0.2) is 0 Å². The molecule has 0 spiro atoms. The van der Waals surface area contributed by atoms with E-state index in [-0.39, 0.29) is 18.0 Å². The number of rotatable bonds is 8. The Balaban J connectivity index is 3.22. The third-order valence-electron chi connectivity index (χ3n) is 1.54. The van der Waals surface area contributed by atoms with Gasteiger partial charge >= 0.3 is 0 Å². The molecule has 0 heterocycles.